The number of para-hydroxylation sites is 1. The maximum Gasteiger partial charge on any atom is 0.279 e. The van der Waals surface area contributed by atoms with Crippen molar-refractivity contribution in [1.29, 1.82) is 0 Å². The van der Waals surface area contributed by atoms with Gasteiger partial charge in [-0.25, -0.2) is 0 Å². The van der Waals surface area contributed by atoms with E-state index in [2.05, 4.69) is 10.9 Å². The van der Waals surface area contributed by atoms with Crippen LogP contribution in [0, 0.1) is 17.0 Å². The summed E-state index contributed by atoms with van der Waals surface area (Å²) in [7, 11) is 0. The van der Waals surface area contributed by atoms with Crippen molar-refractivity contribution in [2.24, 2.45) is 0 Å². The second-order valence-electron chi connectivity index (χ2n) is 5.16. The van der Waals surface area contributed by atoms with E-state index in [-0.39, 0.29) is 5.69 Å². The number of carbonyl (C=O) groups is 2. The molecular weight excluding hydrogens is 342 g/mol. The molecule has 0 fully saturated rings. The number of rotatable bonds is 5. The van der Waals surface area contributed by atoms with Gasteiger partial charge in [0.15, 0.2) is 0 Å². The van der Waals surface area contributed by atoms with Crippen molar-refractivity contribution in [3.63, 3.8) is 0 Å². The number of amides is 2. The summed E-state index contributed by atoms with van der Waals surface area (Å²) in [4.78, 5) is 35.8. The predicted octanol–water partition coefficient (Wildman–Crippen LogP) is 3.00. The Labute approximate surface area is 148 Å². The van der Waals surface area contributed by atoms with Gasteiger partial charge in [-0.05, 0) is 37.1 Å². The lowest BCUT2D eigenvalue weighted by Gasteiger charge is -2.03. The number of benzene rings is 1. The summed E-state index contributed by atoms with van der Waals surface area (Å²) in [5.74, 6) is -0.990. The second kappa shape index (κ2) is 8.20. The molecule has 2 aromatic rings. The van der Waals surface area contributed by atoms with Gasteiger partial charge in [0.05, 0.1) is 15.4 Å². The van der Waals surface area contributed by atoms with E-state index in [0.717, 1.165) is 22.9 Å². The quantitative estimate of drug-likeness (QED) is 0.487. The number of carbonyl (C=O) groups excluding carboxylic acids is 2. The summed E-state index contributed by atoms with van der Waals surface area (Å²) in [5.41, 5.74) is 5.82. The van der Waals surface area contributed by atoms with E-state index in [1.165, 1.54) is 29.5 Å². The average molecular weight is 359 g/mol. The standard InChI is InChI=1S/C17H17N3O4S/c1-3-14-11(2)10-15(25-14)17(22)19-18-16(21)9-8-12-6-4-5-7-13(12)20(23)24/h4-10H,3H2,1-2H3,(H,18,21)(H,19,22)/b9-8+. The van der Waals surface area contributed by atoms with Gasteiger partial charge in [-0.15, -0.1) is 11.3 Å². The zero-order chi connectivity index (χ0) is 18.4. The smallest absolute Gasteiger partial charge is 0.268 e. The highest BCUT2D eigenvalue weighted by molar-refractivity contribution is 7.14. The Hall–Kier alpha value is -3.00. The fourth-order valence-corrected chi connectivity index (χ4v) is 3.17. The van der Waals surface area contributed by atoms with Crippen molar-refractivity contribution in [2.75, 3.05) is 0 Å². The van der Waals surface area contributed by atoms with E-state index < -0.39 is 16.7 Å². The summed E-state index contributed by atoms with van der Waals surface area (Å²) in [6.45, 7) is 3.94. The number of nitrogens with one attached hydrogen (secondary N) is 2. The van der Waals surface area contributed by atoms with E-state index in [9.17, 15) is 19.7 Å². The van der Waals surface area contributed by atoms with Crippen LogP contribution < -0.4 is 10.9 Å². The van der Waals surface area contributed by atoms with E-state index in [1.54, 1.807) is 18.2 Å². The molecule has 0 spiro atoms. The highest BCUT2D eigenvalue weighted by atomic mass is 32.1. The molecule has 1 aromatic carbocycles. The Morgan fingerprint density at radius 1 is 1.28 bits per heavy atom. The second-order valence-corrected chi connectivity index (χ2v) is 6.30. The Morgan fingerprint density at radius 2 is 2.00 bits per heavy atom. The monoisotopic (exact) mass is 359 g/mol. The lowest BCUT2D eigenvalue weighted by molar-refractivity contribution is -0.385. The molecule has 0 aliphatic rings. The van der Waals surface area contributed by atoms with E-state index >= 15 is 0 Å². The molecule has 0 bridgehead atoms. The molecule has 0 radical (unpaired) electrons. The largest absolute Gasteiger partial charge is 0.279 e. The molecule has 0 unspecified atom stereocenters. The summed E-state index contributed by atoms with van der Waals surface area (Å²) in [6, 6.07) is 7.83. The van der Waals surface area contributed by atoms with Crippen molar-refractivity contribution in [3.05, 3.63) is 67.4 Å². The molecule has 2 amide bonds. The highest BCUT2D eigenvalue weighted by Crippen LogP contribution is 2.22. The molecule has 8 heteroatoms. The van der Waals surface area contributed by atoms with E-state index in [0.29, 0.717) is 10.4 Å². The van der Waals surface area contributed by atoms with Crippen LogP contribution in [0.5, 0.6) is 0 Å². The number of nitro groups is 1. The van der Waals surface area contributed by atoms with Crippen molar-refractivity contribution in [3.8, 4) is 0 Å². The molecule has 2 rings (SSSR count). The molecule has 7 nitrogen and oxygen atoms in total. The van der Waals surface area contributed by atoms with Gasteiger partial charge in [-0.2, -0.15) is 0 Å². The molecule has 0 saturated heterocycles. The van der Waals surface area contributed by atoms with Gasteiger partial charge in [-0.1, -0.05) is 19.1 Å². The number of aryl methyl sites for hydroxylation is 2. The van der Waals surface area contributed by atoms with Gasteiger partial charge < -0.3 is 0 Å². The van der Waals surface area contributed by atoms with Crippen LogP contribution in [-0.4, -0.2) is 16.7 Å². The zero-order valence-corrected chi connectivity index (χ0v) is 14.6. The van der Waals surface area contributed by atoms with Gasteiger partial charge in [0.1, 0.15) is 0 Å². The van der Waals surface area contributed by atoms with Gasteiger partial charge in [0.2, 0.25) is 0 Å². The molecule has 0 atom stereocenters. The third-order valence-corrected chi connectivity index (χ3v) is 4.79. The molecule has 1 aromatic heterocycles. The lowest BCUT2D eigenvalue weighted by Crippen LogP contribution is -2.40. The summed E-state index contributed by atoms with van der Waals surface area (Å²) in [6.07, 6.45) is 3.29. The number of hydrogen-bond donors (Lipinski definition) is 2. The van der Waals surface area contributed by atoms with Crippen molar-refractivity contribution in [2.45, 2.75) is 20.3 Å². The number of thiophene rings is 1. The Balaban J connectivity index is 1.96. The van der Waals surface area contributed by atoms with Crippen molar-refractivity contribution >= 4 is 34.9 Å². The van der Waals surface area contributed by atoms with Crippen LogP contribution >= 0.6 is 11.3 Å². The molecule has 2 N–H and O–H groups in total. The first kappa shape index (κ1) is 18.3. The summed E-state index contributed by atoms with van der Waals surface area (Å²) < 4.78 is 0. The van der Waals surface area contributed by atoms with Gasteiger partial charge >= 0.3 is 0 Å². The predicted molar refractivity (Wildman–Crippen MR) is 96.2 cm³/mol. The first-order valence-corrected chi connectivity index (χ1v) is 8.35. The molecule has 0 aliphatic carbocycles. The third-order valence-electron chi connectivity index (χ3n) is 3.41. The molecule has 0 aliphatic heterocycles. The van der Waals surface area contributed by atoms with Gasteiger partial charge in [-0.3, -0.25) is 30.6 Å². The maximum atomic E-state index is 12.0. The molecule has 1 heterocycles. The average Bonchev–Trinajstić information content (AvgIpc) is 2.99. The van der Waals surface area contributed by atoms with Crippen LogP contribution in [0.2, 0.25) is 0 Å². The maximum absolute atomic E-state index is 12.0. The lowest BCUT2D eigenvalue weighted by atomic mass is 10.1. The van der Waals surface area contributed by atoms with Crippen LogP contribution in [0.25, 0.3) is 6.08 Å². The number of nitro benzene ring substituents is 1. The van der Waals surface area contributed by atoms with Crippen LogP contribution in [0.4, 0.5) is 5.69 Å². The highest BCUT2D eigenvalue weighted by Gasteiger charge is 2.12. The fraction of sp³-hybridized carbons (Fsp3) is 0.176. The summed E-state index contributed by atoms with van der Waals surface area (Å²) >= 11 is 1.38. The third kappa shape index (κ3) is 4.74. The SMILES string of the molecule is CCc1sc(C(=O)NNC(=O)/C=C/c2ccccc2[N+](=O)[O-])cc1C. The van der Waals surface area contributed by atoms with Gasteiger partial charge in [0, 0.05) is 17.0 Å². The fourth-order valence-electron chi connectivity index (χ4n) is 2.16. The molecular formula is C17H17N3O4S. The minimum atomic E-state index is -0.588. The topological polar surface area (TPSA) is 101 Å². The number of nitrogens with zero attached hydrogens (tertiary/aromatic N) is 1. The summed E-state index contributed by atoms with van der Waals surface area (Å²) in [5, 5.41) is 10.9. The molecule has 130 valence electrons. The minimum Gasteiger partial charge on any atom is -0.268 e. The first-order chi connectivity index (χ1) is 11.9. The van der Waals surface area contributed by atoms with E-state index in [4.69, 9.17) is 0 Å². The number of hydrazine groups is 1. The van der Waals surface area contributed by atoms with Crippen LogP contribution in [0.3, 0.4) is 0 Å². The first-order valence-electron chi connectivity index (χ1n) is 7.53. The minimum absolute atomic E-state index is 0.100. The van der Waals surface area contributed by atoms with Crippen LogP contribution in [0.15, 0.2) is 36.4 Å². The van der Waals surface area contributed by atoms with Crippen molar-refractivity contribution in [1.82, 2.24) is 10.9 Å². The van der Waals surface area contributed by atoms with Crippen LogP contribution in [-0.2, 0) is 11.2 Å². The zero-order valence-electron chi connectivity index (χ0n) is 13.7. The van der Waals surface area contributed by atoms with Crippen molar-refractivity contribution < 1.29 is 14.5 Å². The van der Waals surface area contributed by atoms with Crippen LogP contribution in [0.1, 0.15) is 32.6 Å². The normalized spacial score (nSPS) is 10.6. The number of hydrogen-bond acceptors (Lipinski definition) is 5. The molecule has 0 saturated carbocycles. The van der Waals surface area contributed by atoms with E-state index in [1.807, 2.05) is 13.8 Å². The van der Waals surface area contributed by atoms with Gasteiger partial charge in [0.25, 0.3) is 17.5 Å². The Kier molecular flexibility index (Phi) is 6.02. The Morgan fingerprint density at radius 3 is 2.64 bits per heavy atom. The molecule has 25 heavy (non-hydrogen) atoms. The Bertz CT molecular complexity index is 842.